The van der Waals surface area contributed by atoms with Crippen LogP contribution in [0.5, 0.6) is 0 Å². The zero-order chi connectivity index (χ0) is 38.2. The van der Waals surface area contributed by atoms with Gasteiger partial charge in [0, 0.05) is 30.1 Å². The lowest BCUT2D eigenvalue weighted by Gasteiger charge is -2.34. The van der Waals surface area contributed by atoms with Gasteiger partial charge in [0.1, 0.15) is 17.5 Å². The highest BCUT2D eigenvalue weighted by Gasteiger charge is 2.44. The van der Waals surface area contributed by atoms with Gasteiger partial charge in [-0.05, 0) is 97.9 Å². The molecule has 3 aromatic rings. The van der Waals surface area contributed by atoms with E-state index >= 15 is 0 Å². The number of hydrogen-bond donors (Lipinski definition) is 3. The fraction of sp³-hybridized carbons (Fsp3) is 0.474. The number of aliphatic hydroxyl groups is 2. The van der Waals surface area contributed by atoms with Gasteiger partial charge in [-0.2, -0.15) is 4.31 Å². The van der Waals surface area contributed by atoms with Crippen molar-refractivity contribution in [2.75, 3.05) is 20.3 Å². The predicted molar refractivity (Wildman–Crippen MR) is 189 cm³/mol. The summed E-state index contributed by atoms with van der Waals surface area (Å²) in [5.41, 5.74) is 7.54. The molecule has 10 nitrogen and oxygen atoms in total. The standard InChI is InChI=1S/C38H48F3N3O7S/c1-24(2)19-20-43(52(49,50)32-18-13-28(22-45)33(41)21-32)31(23-46)5-4-6-34(25-7-8-25)44(38(48)51-3)37(47)36(42)35(26-9-14-29(39)15-10-26)27-11-16-30(40)17-12-27/h9-18,21,24-25,31,34-36,45-46H,4-8,19-20,22-23,42H2,1-3H3/t31-,34+,36-/m0/s1. The molecule has 0 saturated heterocycles. The summed E-state index contributed by atoms with van der Waals surface area (Å²) in [5.74, 6) is -3.47. The number of nitrogens with two attached hydrogens (primary N) is 1. The number of carbonyl (C=O) groups is 2. The fourth-order valence-electron chi connectivity index (χ4n) is 6.52. The molecule has 3 aromatic carbocycles. The monoisotopic (exact) mass is 747 g/mol. The molecule has 1 fully saturated rings. The summed E-state index contributed by atoms with van der Waals surface area (Å²) in [7, 11) is -3.14. The van der Waals surface area contributed by atoms with Crippen molar-refractivity contribution in [3.63, 3.8) is 0 Å². The van der Waals surface area contributed by atoms with Crippen LogP contribution in [0.2, 0.25) is 0 Å². The second-order valence-corrected chi connectivity index (χ2v) is 15.6. The number of methoxy groups -OCH3 is 1. The molecular formula is C38H48F3N3O7S. The summed E-state index contributed by atoms with van der Waals surface area (Å²) in [6.45, 7) is 2.77. The van der Waals surface area contributed by atoms with Crippen molar-refractivity contribution in [1.82, 2.24) is 9.21 Å². The van der Waals surface area contributed by atoms with Crippen LogP contribution in [-0.2, 0) is 26.2 Å². The van der Waals surface area contributed by atoms with Gasteiger partial charge in [-0.1, -0.05) is 44.2 Å². The molecule has 0 unspecified atom stereocenters. The summed E-state index contributed by atoms with van der Waals surface area (Å²) in [5, 5.41) is 19.9. The minimum absolute atomic E-state index is 0.0520. The minimum atomic E-state index is -4.29. The maximum atomic E-state index is 14.6. The minimum Gasteiger partial charge on any atom is -0.452 e. The van der Waals surface area contributed by atoms with Crippen LogP contribution in [0.3, 0.4) is 0 Å². The van der Waals surface area contributed by atoms with Crippen molar-refractivity contribution in [3.8, 4) is 0 Å². The number of imide groups is 1. The number of sulfonamides is 1. The third-order valence-corrected chi connectivity index (χ3v) is 11.5. The highest BCUT2D eigenvalue weighted by molar-refractivity contribution is 7.89. The molecule has 4 N–H and O–H groups in total. The van der Waals surface area contributed by atoms with Crippen LogP contribution < -0.4 is 5.73 Å². The zero-order valence-electron chi connectivity index (χ0n) is 29.6. The lowest BCUT2D eigenvalue weighted by Crippen LogP contribution is -2.54. The Morgan fingerprint density at radius 3 is 1.94 bits per heavy atom. The first-order valence-corrected chi connectivity index (χ1v) is 18.9. The van der Waals surface area contributed by atoms with Gasteiger partial charge in [0.2, 0.25) is 15.9 Å². The molecule has 0 aliphatic heterocycles. The van der Waals surface area contributed by atoms with E-state index in [2.05, 4.69) is 0 Å². The topological polar surface area (TPSA) is 150 Å². The van der Waals surface area contributed by atoms with E-state index in [1.165, 1.54) is 65.0 Å². The molecule has 284 valence electrons. The molecule has 14 heteroatoms. The van der Waals surface area contributed by atoms with E-state index in [1.807, 2.05) is 13.8 Å². The summed E-state index contributed by atoms with van der Waals surface area (Å²) in [4.78, 5) is 28.3. The summed E-state index contributed by atoms with van der Waals surface area (Å²) < 4.78 is 76.3. The van der Waals surface area contributed by atoms with Crippen LogP contribution >= 0.6 is 0 Å². The van der Waals surface area contributed by atoms with Gasteiger partial charge in [-0.25, -0.2) is 31.3 Å². The number of halogens is 3. The molecule has 0 aromatic heterocycles. The van der Waals surface area contributed by atoms with Crippen molar-refractivity contribution in [3.05, 3.63) is 101 Å². The van der Waals surface area contributed by atoms with E-state index in [-0.39, 0.29) is 48.1 Å². The Kier molecular flexibility index (Phi) is 14.4. The average Bonchev–Trinajstić information content (AvgIpc) is 3.97. The second kappa shape index (κ2) is 18.3. The maximum Gasteiger partial charge on any atom is 0.416 e. The number of aliphatic hydroxyl groups excluding tert-OH is 2. The van der Waals surface area contributed by atoms with Gasteiger partial charge in [0.15, 0.2) is 0 Å². The number of ether oxygens (including phenoxy) is 1. The Morgan fingerprint density at radius 1 is 0.904 bits per heavy atom. The molecule has 1 aliphatic rings. The summed E-state index contributed by atoms with van der Waals surface area (Å²) in [6, 6.07) is 11.1. The van der Waals surface area contributed by atoms with Gasteiger partial charge in [-0.15, -0.1) is 0 Å². The Balaban J connectivity index is 1.60. The third kappa shape index (κ3) is 9.98. The van der Waals surface area contributed by atoms with Crippen molar-refractivity contribution >= 4 is 22.0 Å². The lowest BCUT2D eigenvalue weighted by atomic mass is 9.84. The molecule has 4 rings (SSSR count). The van der Waals surface area contributed by atoms with Crippen molar-refractivity contribution < 1.29 is 46.1 Å². The van der Waals surface area contributed by atoms with Crippen molar-refractivity contribution in [1.29, 1.82) is 0 Å². The summed E-state index contributed by atoms with van der Waals surface area (Å²) >= 11 is 0. The summed E-state index contributed by atoms with van der Waals surface area (Å²) in [6.07, 6.45) is 1.64. The Labute approximate surface area is 303 Å². The van der Waals surface area contributed by atoms with Crippen LogP contribution in [-0.4, -0.2) is 78.2 Å². The highest BCUT2D eigenvalue weighted by atomic mass is 32.2. The Hall–Kier alpha value is -3.82. The number of hydrogen-bond acceptors (Lipinski definition) is 8. The largest absolute Gasteiger partial charge is 0.452 e. The van der Waals surface area contributed by atoms with E-state index in [1.54, 1.807) is 0 Å². The number of carbonyl (C=O) groups excluding carboxylic acids is 2. The molecule has 1 aliphatic carbocycles. The first-order chi connectivity index (χ1) is 24.7. The van der Waals surface area contributed by atoms with Gasteiger partial charge in [0.25, 0.3) is 0 Å². The van der Waals surface area contributed by atoms with Gasteiger partial charge in [0.05, 0.1) is 31.3 Å². The van der Waals surface area contributed by atoms with Crippen LogP contribution in [0.1, 0.15) is 75.0 Å². The van der Waals surface area contributed by atoms with Crippen LogP contribution in [0.25, 0.3) is 0 Å². The SMILES string of the molecule is COC(=O)N(C(=O)[C@@H](N)C(c1ccc(F)cc1)c1ccc(F)cc1)[C@H](CCC[C@@H](CO)N(CCC(C)C)S(=O)(=O)c1ccc(CO)c(F)c1)C1CC1. The molecule has 52 heavy (non-hydrogen) atoms. The zero-order valence-corrected chi connectivity index (χ0v) is 30.4. The van der Waals surface area contributed by atoms with Crippen molar-refractivity contribution in [2.45, 2.75) is 87.9 Å². The molecule has 0 bridgehead atoms. The third-order valence-electron chi connectivity index (χ3n) is 9.59. The fourth-order valence-corrected chi connectivity index (χ4v) is 8.19. The maximum absolute atomic E-state index is 14.6. The van der Waals surface area contributed by atoms with Crippen LogP contribution in [0, 0.1) is 29.3 Å². The lowest BCUT2D eigenvalue weighted by molar-refractivity contribution is -0.133. The van der Waals surface area contributed by atoms with Gasteiger partial charge < -0.3 is 20.7 Å². The molecule has 2 amide bonds. The molecule has 3 atom stereocenters. The number of rotatable bonds is 18. The normalized spacial score (nSPS) is 15.2. The number of benzene rings is 3. The van der Waals surface area contributed by atoms with Gasteiger partial charge >= 0.3 is 6.09 Å². The molecule has 0 spiro atoms. The second-order valence-electron chi connectivity index (χ2n) is 13.7. The quantitative estimate of drug-likeness (QED) is 0.150. The van der Waals surface area contributed by atoms with E-state index in [0.29, 0.717) is 30.4 Å². The highest BCUT2D eigenvalue weighted by Crippen LogP contribution is 2.39. The Morgan fingerprint density at radius 2 is 1.48 bits per heavy atom. The van der Waals surface area contributed by atoms with Crippen LogP contribution in [0.4, 0.5) is 18.0 Å². The molecule has 0 radical (unpaired) electrons. The predicted octanol–water partition coefficient (Wildman–Crippen LogP) is 5.70. The average molecular weight is 748 g/mol. The first-order valence-electron chi connectivity index (χ1n) is 17.4. The number of nitrogens with zero attached hydrogens (tertiary/aromatic N) is 2. The van der Waals surface area contributed by atoms with E-state index in [9.17, 15) is 41.4 Å². The van der Waals surface area contributed by atoms with Gasteiger partial charge in [-0.3, -0.25) is 4.79 Å². The van der Waals surface area contributed by atoms with E-state index < -0.39 is 76.7 Å². The van der Waals surface area contributed by atoms with E-state index in [0.717, 1.165) is 18.1 Å². The van der Waals surface area contributed by atoms with Crippen LogP contribution in [0.15, 0.2) is 71.6 Å². The Bertz CT molecular complexity index is 1710. The molecule has 0 heterocycles. The van der Waals surface area contributed by atoms with E-state index in [4.69, 9.17) is 10.5 Å². The molecule has 1 saturated carbocycles. The number of amides is 2. The molecular weight excluding hydrogens is 699 g/mol. The van der Waals surface area contributed by atoms with Crippen molar-refractivity contribution in [2.24, 2.45) is 17.6 Å². The smallest absolute Gasteiger partial charge is 0.416 e. The first kappa shape index (κ1) is 40.9.